The summed E-state index contributed by atoms with van der Waals surface area (Å²) in [6.07, 6.45) is -6.14. The molecular formula is C13H12ClF3N2O3. The molecule has 0 spiro atoms. The van der Waals surface area contributed by atoms with Crippen molar-refractivity contribution in [2.75, 3.05) is 11.9 Å². The number of alkyl halides is 3. The van der Waals surface area contributed by atoms with Crippen molar-refractivity contribution in [1.29, 1.82) is 0 Å². The highest BCUT2D eigenvalue weighted by Gasteiger charge is 2.39. The van der Waals surface area contributed by atoms with Crippen molar-refractivity contribution in [2.45, 2.75) is 19.5 Å². The third-order valence-corrected chi connectivity index (χ3v) is 2.51. The fraction of sp³-hybridized carbons (Fsp3) is 0.308. The van der Waals surface area contributed by atoms with Crippen LogP contribution >= 0.6 is 11.6 Å². The van der Waals surface area contributed by atoms with Gasteiger partial charge in [0.1, 0.15) is 0 Å². The van der Waals surface area contributed by atoms with Gasteiger partial charge < -0.3 is 10.1 Å². The molecule has 0 aliphatic heterocycles. The Morgan fingerprint density at radius 1 is 1.27 bits per heavy atom. The van der Waals surface area contributed by atoms with Crippen LogP contribution in [0.5, 0.6) is 0 Å². The van der Waals surface area contributed by atoms with Gasteiger partial charge in [0.05, 0.1) is 13.0 Å². The number of rotatable bonds is 4. The Morgan fingerprint density at radius 2 is 1.86 bits per heavy atom. The number of aliphatic imine (C=N–C) groups is 1. The van der Waals surface area contributed by atoms with Gasteiger partial charge in [-0.2, -0.15) is 18.2 Å². The number of urea groups is 1. The number of nitrogens with zero attached hydrogens (tertiary/aromatic N) is 1. The van der Waals surface area contributed by atoms with Crippen molar-refractivity contribution in [1.82, 2.24) is 0 Å². The van der Waals surface area contributed by atoms with Gasteiger partial charge in [0.2, 0.25) is 11.7 Å². The first kappa shape index (κ1) is 18.0. The summed E-state index contributed by atoms with van der Waals surface area (Å²) in [6.45, 7) is 1.46. The Bertz CT molecular complexity index is 571. The van der Waals surface area contributed by atoms with Gasteiger partial charge in [-0.1, -0.05) is 11.6 Å². The summed E-state index contributed by atoms with van der Waals surface area (Å²) >= 11 is 5.67. The molecule has 0 saturated carbocycles. The summed E-state index contributed by atoms with van der Waals surface area (Å²) < 4.78 is 41.4. The normalized spacial score (nSPS) is 12.0. The first-order valence-corrected chi connectivity index (χ1v) is 6.47. The van der Waals surface area contributed by atoms with E-state index in [1.54, 1.807) is 0 Å². The number of nitrogens with one attached hydrogen (secondary N) is 1. The molecule has 0 unspecified atom stereocenters. The van der Waals surface area contributed by atoms with Gasteiger partial charge >= 0.3 is 12.2 Å². The number of benzene rings is 1. The summed E-state index contributed by atoms with van der Waals surface area (Å²) in [5, 5.41) is 2.76. The fourth-order valence-corrected chi connectivity index (χ4v) is 1.45. The number of ketones is 1. The zero-order chi connectivity index (χ0) is 16.8. The SMILES string of the molecule is CCOC(CC(=O)C(F)(F)F)=NC(=O)Nc1ccc(Cl)cc1. The molecule has 0 aromatic heterocycles. The van der Waals surface area contributed by atoms with Gasteiger partial charge in [0, 0.05) is 10.7 Å². The third kappa shape index (κ3) is 6.13. The van der Waals surface area contributed by atoms with Crippen LogP contribution in [0.2, 0.25) is 5.02 Å². The molecule has 1 aromatic rings. The molecule has 0 aliphatic rings. The first-order chi connectivity index (χ1) is 10.2. The Morgan fingerprint density at radius 3 is 2.36 bits per heavy atom. The molecule has 22 heavy (non-hydrogen) atoms. The molecule has 0 saturated heterocycles. The predicted molar refractivity (Wildman–Crippen MR) is 75.2 cm³/mol. The molecule has 1 aromatic carbocycles. The van der Waals surface area contributed by atoms with Gasteiger partial charge in [-0.3, -0.25) is 4.79 Å². The zero-order valence-electron chi connectivity index (χ0n) is 11.4. The van der Waals surface area contributed by atoms with Gasteiger partial charge in [0.15, 0.2) is 0 Å². The monoisotopic (exact) mass is 336 g/mol. The summed E-state index contributed by atoms with van der Waals surface area (Å²) in [5.41, 5.74) is 0.344. The number of anilines is 1. The largest absolute Gasteiger partial charge is 0.481 e. The van der Waals surface area contributed by atoms with Crippen LogP contribution in [0.3, 0.4) is 0 Å². The first-order valence-electron chi connectivity index (χ1n) is 6.09. The molecular weight excluding hydrogens is 325 g/mol. The molecule has 1 rings (SSSR count). The Hall–Kier alpha value is -2.09. The molecule has 0 fully saturated rings. The van der Waals surface area contributed by atoms with E-state index in [1.807, 2.05) is 0 Å². The van der Waals surface area contributed by atoms with E-state index >= 15 is 0 Å². The number of hydrogen-bond acceptors (Lipinski definition) is 3. The molecule has 5 nitrogen and oxygen atoms in total. The van der Waals surface area contributed by atoms with Gasteiger partial charge in [-0.05, 0) is 31.2 Å². The Labute approximate surface area is 129 Å². The second-order valence-electron chi connectivity index (χ2n) is 3.97. The van der Waals surface area contributed by atoms with E-state index in [4.69, 9.17) is 16.3 Å². The van der Waals surface area contributed by atoms with Crippen LogP contribution in [0.1, 0.15) is 13.3 Å². The van der Waals surface area contributed by atoms with E-state index in [2.05, 4.69) is 10.3 Å². The fourth-order valence-electron chi connectivity index (χ4n) is 1.32. The molecule has 0 aliphatic carbocycles. The van der Waals surface area contributed by atoms with Gasteiger partial charge in [-0.15, -0.1) is 0 Å². The second kappa shape index (κ2) is 7.79. The number of carbonyl (C=O) groups is 2. The smallest absolute Gasteiger partial charge is 0.450 e. The maximum atomic E-state index is 12.2. The van der Waals surface area contributed by atoms with E-state index in [9.17, 15) is 22.8 Å². The highest BCUT2D eigenvalue weighted by Crippen LogP contribution is 2.18. The van der Waals surface area contributed by atoms with Crippen molar-refractivity contribution in [3.8, 4) is 0 Å². The lowest BCUT2D eigenvalue weighted by molar-refractivity contribution is -0.169. The van der Waals surface area contributed by atoms with E-state index < -0.39 is 30.3 Å². The zero-order valence-corrected chi connectivity index (χ0v) is 12.2. The molecule has 1 N–H and O–H groups in total. The summed E-state index contributed by atoms with van der Waals surface area (Å²) in [4.78, 5) is 25.8. The van der Waals surface area contributed by atoms with E-state index in [0.717, 1.165) is 0 Å². The second-order valence-corrected chi connectivity index (χ2v) is 4.41. The predicted octanol–water partition coefficient (Wildman–Crippen LogP) is 3.83. The standard InChI is InChI=1S/C13H12ClF3N2O3/c1-2-22-11(7-10(20)13(15,16)17)19-12(21)18-9-5-3-8(14)4-6-9/h3-6H,2,7H2,1H3,(H,18,21). The topological polar surface area (TPSA) is 67.8 Å². The number of hydrogen-bond donors (Lipinski definition) is 1. The van der Waals surface area contributed by atoms with Crippen LogP contribution < -0.4 is 5.32 Å². The quantitative estimate of drug-likeness (QED) is 0.671. The Balaban J connectivity index is 2.77. The summed E-state index contributed by atoms with van der Waals surface area (Å²) in [5.74, 6) is -2.64. The minimum atomic E-state index is -5.01. The van der Waals surface area contributed by atoms with E-state index in [0.29, 0.717) is 10.7 Å². The van der Waals surface area contributed by atoms with Crippen molar-refractivity contribution in [3.05, 3.63) is 29.3 Å². The van der Waals surface area contributed by atoms with Crippen molar-refractivity contribution in [2.24, 2.45) is 4.99 Å². The molecule has 0 heterocycles. The van der Waals surface area contributed by atoms with Gasteiger partial charge in [0.25, 0.3) is 0 Å². The third-order valence-electron chi connectivity index (χ3n) is 2.26. The molecule has 0 radical (unpaired) electrons. The lowest BCUT2D eigenvalue weighted by Crippen LogP contribution is -2.27. The van der Waals surface area contributed by atoms with Crippen LogP contribution in [0.15, 0.2) is 29.3 Å². The summed E-state index contributed by atoms with van der Waals surface area (Å²) in [7, 11) is 0. The van der Waals surface area contributed by atoms with Crippen LogP contribution in [0.25, 0.3) is 0 Å². The molecule has 9 heteroatoms. The highest BCUT2D eigenvalue weighted by molar-refractivity contribution is 6.30. The van der Waals surface area contributed by atoms with Crippen LogP contribution in [-0.2, 0) is 9.53 Å². The van der Waals surface area contributed by atoms with Gasteiger partial charge in [-0.25, -0.2) is 4.79 Å². The number of Topliss-reactive ketones (excluding diaryl/α,β-unsaturated/α-hetero) is 1. The van der Waals surface area contributed by atoms with E-state index in [-0.39, 0.29) is 6.61 Å². The molecule has 0 bridgehead atoms. The average molecular weight is 337 g/mol. The van der Waals surface area contributed by atoms with Crippen molar-refractivity contribution in [3.63, 3.8) is 0 Å². The number of halogens is 4. The summed E-state index contributed by atoms with van der Waals surface area (Å²) in [6, 6.07) is 5.03. The van der Waals surface area contributed by atoms with Crippen molar-refractivity contribution < 1.29 is 27.5 Å². The Kier molecular flexibility index (Phi) is 6.36. The number of carbonyl (C=O) groups excluding carboxylic acids is 2. The highest BCUT2D eigenvalue weighted by atomic mass is 35.5. The molecule has 2 amide bonds. The maximum absolute atomic E-state index is 12.2. The van der Waals surface area contributed by atoms with Crippen LogP contribution in [0.4, 0.5) is 23.7 Å². The minimum absolute atomic E-state index is 0.0296. The molecule has 120 valence electrons. The lowest BCUT2D eigenvalue weighted by Gasteiger charge is -2.09. The van der Waals surface area contributed by atoms with Crippen LogP contribution in [0, 0.1) is 0 Å². The van der Waals surface area contributed by atoms with Crippen molar-refractivity contribution >= 4 is 35.0 Å². The molecule has 0 atom stereocenters. The minimum Gasteiger partial charge on any atom is -0.481 e. The van der Waals surface area contributed by atoms with Crippen LogP contribution in [-0.4, -0.2) is 30.5 Å². The van der Waals surface area contributed by atoms with E-state index in [1.165, 1.54) is 31.2 Å². The number of amides is 2. The number of ether oxygens (including phenoxy) is 1. The average Bonchev–Trinajstić information content (AvgIpc) is 2.40. The lowest BCUT2D eigenvalue weighted by atomic mass is 10.3. The maximum Gasteiger partial charge on any atom is 0.450 e.